The molecule has 0 fully saturated rings. The molecule has 0 aliphatic heterocycles. The van der Waals surface area contributed by atoms with Crippen LogP contribution in [0.15, 0.2) is 36.5 Å². The van der Waals surface area contributed by atoms with E-state index < -0.39 is 17.4 Å². The first kappa shape index (κ1) is 17.8. The summed E-state index contributed by atoms with van der Waals surface area (Å²) in [6.07, 6.45) is 1.50. The summed E-state index contributed by atoms with van der Waals surface area (Å²) in [5.41, 5.74) is -1.37. The minimum absolute atomic E-state index is 0.0286. The number of ether oxygens (including phenoxy) is 1. The molecular formula is C18H17ClF2N2O2. The Balaban J connectivity index is 1.81. The number of halogens is 3. The van der Waals surface area contributed by atoms with Crippen molar-refractivity contribution < 1.29 is 18.3 Å². The Kier molecular flexibility index (Phi) is 5.01. The van der Waals surface area contributed by atoms with Crippen molar-refractivity contribution in [3.8, 4) is 0 Å². The minimum atomic E-state index is -2.22. The van der Waals surface area contributed by atoms with Gasteiger partial charge in [-0.2, -0.15) is 0 Å². The quantitative estimate of drug-likeness (QED) is 0.894. The number of hydrogen-bond acceptors (Lipinski definition) is 3. The third-order valence-electron chi connectivity index (χ3n) is 4.42. The summed E-state index contributed by atoms with van der Waals surface area (Å²) in [5.74, 6) is -1.36. The van der Waals surface area contributed by atoms with Crippen LogP contribution in [0.25, 0.3) is 0 Å². The Morgan fingerprint density at radius 2 is 2.28 bits per heavy atom. The Morgan fingerprint density at radius 1 is 1.48 bits per heavy atom. The summed E-state index contributed by atoms with van der Waals surface area (Å²) in [6.45, 7) is -0.128. The van der Waals surface area contributed by atoms with Crippen LogP contribution in [0.3, 0.4) is 0 Å². The van der Waals surface area contributed by atoms with Crippen LogP contribution in [0.2, 0.25) is 5.02 Å². The molecule has 1 aromatic carbocycles. The number of alkyl halides is 1. The molecule has 1 aliphatic carbocycles. The monoisotopic (exact) mass is 366 g/mol. The zero-order chi connectivity index (χ0) is 18.0. The second-order valence-electron chi connectivity index (χ2n) is 5.92. The number of pyridine rings is 1. The normalized spacial score (nSPS) is 22.3. The third-order valence-corrected chi connectivity index (χ3v) is 4.66. The molecule has 1 heterocycles. The highest BCUT2D eigenvalue weighted by Gasteiger charge is 2.47. The van der Waals surface area contributed by atoms with Gasteiger partial charge in [0.05, 0.1) is 11.8 Å². The van der Waals surface area contributed by atoms with E-state index in [4.69, 9.17) is 16.3 Å². The van der Waals surface area contributed by atoms with Crippen LogP contribution in [0, 0.1) is 5.82 Å². The van der Waals surface area contributed by atoms with E-state index in [-0.39, 0.29) is 35.2 Å². The van der Waals surface area contributed by atoms with Crippen molar-refractivity contribution in [2.75, 3.05) is 7.11 Å². The van der Waals surface area contributed by atoms with Crippen molar-refractivity contribution >= 4 is 17.5 Å². The number of carbonyl (C=O) groups excluding carboxylic acids is 1. The van der Waals surface area contributed by atoms with Gasteiger partial charge in [-0.15, -0.1) is 0 Å². The SMILES string of the molecule is CO[C@H]1CC[C@@](F)(C(=O)NCc2ccc(Cl)cc2F)c2cccnc21. The van der Waals surface area contributed by atoms with Gasteiger partial charge in [-0.25, -0.2) is 8.78 Å². The summed E-state index contributed by atoms with van der Waals surface area (Å²) in [5, 5.41) is 2.73. The predicted octanol–water partition coefficient (Wildman–Crippen LogP) is 3.84. The van der Waals surface area contributed by atoms with Gasteiger partial charge in [-0.05, 0) is 31.0 Å². The molecule has 1 N–H and O–H groups in total. The van der Waals surface area contributed by atoms with E-state index in [0.717, 1.165) is 6.07 Å². The van der Waals surface area contributed by atoms with E-state index in [2.05, 4.69) is 10.3 Å². The number of amides is 1. The van der Waals surface area contributed by atoms with Crippen LogP contribution in [0.1, 0.15) is 35.8 Å². The van der Waals surface area contributed by atoms with Gasteiger partial charge < -0.3 is 10.1 Å². The molecule has 3 rings (SSSR count). The average Bonchev–Trinajstić information content (AvgIpc) is 2.61. The van der Waals surface area contributed by atoms with Crippen molar-refractivity contribution in [3.63, 3.8) is 0 Å². The molecule has 1 amide bonds. The maximum Gasteiger partial charge on any atom is 0.262 e. The van der Waals surface area contributed by atoms with Gasteiger partial charge in [-0.1, -0.05) is 23.7 Å². The zero-order valence-corrected chi connectivity index (χ0v) is 14.3. The molecule has 25 heavy (non-hydrogen) atoms. The van der Waals surface area contributed by atoms with E-state index in [1.807, 2.05) is 0 Å². The molecule has 0 saturated heterocycles. The number of nitrogens with one attached hydrogen (secondary N) is 1. The average molecular weight is 367 g/mol. The molecule has 2 atom stereocenters. The number of methoxy groups -OCH3 is 1. The molecule has 132 valence electrons. The van der Waals surface area contributed by atoms with Crippen LogP contribution < -0.4 is 5.32 Å². The van der Waals surface area contributed by atoms with Gasteiger partial charge in [0.25, 0.3) is 5.91 Å². The minimum Gasteiger partial charge on any atom is -0.375 e. The van der Waals surface area contributed by atoms with Crippen molar-refractivity contribution in [1.82, 2.24) is 10.3 Å². The van der Waals surface area contributed by atoms with E-state index in [9.17, 15) is 9.18 Å². The predicted molar refractivity (Wildman–Crippen MR) is 89.3 cm³/mol. The molecule has 2 aromatic rings. The van der Waals surface area contributed by atoms with E-state index in [1.165, 1.54) is 31.5 Å². The number of nitrogens with zero attached hydrogens (tertiary/aromatic N) is 1. The van der Waals surface area contributed by atoms with Gasteiger partial charge in [0.2, 0.25) is 5.67 Å². The number of carbonyl (C=O) groups is 1. The molecule has 0 spiro atoms. The maximum atomic E-state index is 15.5. The lowest BCUT2D eigenvalue weighted by molar-refractivity contribution is -0.135. The number of rotatable bonds is 4. The van der Waals surface area contributed by atoms with Crippen LogP contribution >= 0.6 is 11.6 Å². The van der Waals surface area contributed by atoms with Crippen LogP contribution in [-0.4, -0.2) is 18.0 Å². The molecule has 0 bridgehead atoms. The highest BCUT2D eigenvalue weighted by Crippen LogP contribution is 2.43. The third kappa shape index (κ3) is 3.37. The van der Waals surface area contributed by atoms with Crippen LogP contribution in [0.4, 0.5) is 8.78 Å². The van der Waals surface area contributed by atoms with E-state index in [1.54, 1.807) is 6.07 Å². The molecule has 1 aromatic heterocycles. The van der Waals surface area contributed by atoms with Gasteiger partial charge in [0.1, 0.15) is 5.82 Å². The lowest BCUT2D eigenvalue weighted by Gasteiger charge is -2.33. The first-order valence-corrected chi connectivity index (χ1v) is 8.23. The number of fused-ring (bicyclic) bond motifs is 1. The fourth-order valence-electron chi connectivity index (χ4n) is 3.06. The second-order valence-corrected chi connectivity index (χ2v) is 6.36. The van der Waals surface area contributed by atoms with E-state index in [0.29, 0.717) is 12.1 Å². The Hall–Kier alpha value is -2.05. The van der Waals surface area contributed by atoms with Gasteiger partial charge >= 0.3 is 0 Å². The summed E-state index contributed by atoms with van der Waals surface area (Å²) in [4.78, 5) is 16.7. The molecular weight excluding hydrogens is 350 g/mol. The van der Waals surface area contributed by atoms with Crippen molar-refractivity contribution in [2.24, 2.45) is 0 Å². The number of aromatic nitrogens is 1. The highest BCUT2D eigenvalue weighted by atomic mass is 35.5. The molecule has 0 saturated carbocycles. The standard InChI is InChI=1S/C18H17ClF2N2O2/c1-25-15-6-7-18(21,13-3-2-8-22-16(13)15)17(24)23-10-11-4-5-12(19)9-14(11)20/h2-5,8-9,15H,6-7,10H2,1H3,(H,23,24)/t15-,18-/m0/s1. The largest absolute Gasteiger partial charge is 0.375 e. The second kappa shape index (κ2) is 7.06. The molecule has 1 aliphatic rings. The fraction of sp³-hybridized carbons (Fsp3) is 0.333. The Bertz CT molecular complexity index is 802. The number of hydrogen-bond donors (Lipinski definition) is 1. The zero-order valence-electron chi connectivity index (χ0n) is 13.6. The van der Waals surface area contributed by atoms with E-state index >= 15 is 4.39 Å². The topological polar surface area (TPSA) is 51.2 Å². The first-order valence-electron chi connectivity index (χ1n) is 7.85. The number of benzene rings is 1. The molecule has 4 nitrogen and oxygen atoms in total. The lowest BCUT2D eigenvalue weighted by Crippen LogP contribution is -2.44. The highest BCUT2D eigenvalue weighted by molar-refractivity contribution is 6.30. The van der Waals surface area contributed by atoms with Crippen molar-refractivity contribution in [2.45, 2.75) is 31.2 Å². The molecule has 0 radical (unpaired) electrons. The van der Waals surface area contributed by atoms with Crippen LogP contribution in [0.5, 0.6) is 0 Å². The summed E-state index contributed by atoms with van der Waals surface area (Å²) >= 11 is 5.70. The van der Waals surface area contributed by atoms with Gasteiger partial charge in [0, 0.05) is 36.0 Å². The van der Waals surface area contributed by atoms with Crippen molar-refractivity contribution in [3.05, 3.63) is 64.2 Å². The summed E-state index contributed by atoms with van der Waals surface area (Å²) in [6, 6.07) is 7.24. The first-order chi connectivity index (χ1) is 12.0. The molecule has 0 unspecified atom stereocenters. The summed E-state index contributed by atoms with van der Waals surface area (Å²) < 4.78 is 34.7. The maximum absolute atomic E-state index is 15.5. The summed E-state index contributed by atoms with van der Waals surface area (Å²) in [7, 11) is 1.53. The lowest BCUT2D eigenvalue weighted by atomic mass is 9.81. The molecule has 7 heteroatoms. The van der Waals surface area contributed by atoms with Crippen molar-refractivity contribution in [1.29, 1.82) is 0 Å². The smallest absolute Gasteiger partial charge is 0.262 e. The van der Waals surface area contributed by atoms with Crippen LogP contribution in [-0.2, 0) is 21.7 Å². The Labute approximate surface area is 149 Å². The Morgan fingerprint density at radius 3 is 3.00 bits per heavy atom. The van der Waals surface area contributed by atoms with Gasteiger partial charge in [0.15, 0.2) is 0 Å². The van der Waals surface area contributed by atoms with Gasteiger partial charge in [-0.3, -0.25) is 9.78 Å². The fourth-order valence-corrected chi connectivity index (χ4v) is 3.22.